The summed E-state index contributed by atoms with van der Waals surface area (Å²) in [5.41, 5.74) is 7.00. The van der Waals surface area contributed by atoms with Crippen LogP contribution < -0.4 is 5.73 Å². The van der Waals surface area contributed by atoms with Crippen molar-refractivity contribution < 1.29 is 23.8 Å². The van der Waals surface area contributed by atoms with E-state index < -0.39 is 24.2 Å². The molecular formula is C20H27NO5. The van der Waals surface area contributed by atoms with E-state index in [-0.39, 0.29) is 24.4 Å². The Morgan fingerprint density at radius 3 is 2.65 bits per heavy atom. The van der Waals surface area contributed by atoms with Gasteiger partial charge in [0, 0.05) is 5.92 Å². The molecule has 0 bridgehead atoms. The van der Waals surface area contributed by atoms with E-state index in [0.717, 1.165) is 25.7 Å². The van der Waals surface area contributed by atoms with E-state index in [1.165, 1.54) is 5.56 Å². The van der Waals surface area contributed by atoms with Crippen LogP contribution >= 0.6 is 0 Å². The molecule has 4 atom stereocenters. The van der Waals surface area contributed by atoms with E-state index in [2.05, 4.69) is 12.1 Å². The summed E-state index contributed by atoms with van der Waals surface area (Å²) < 4.78 is 16.9. The maximum atomic E-state index is 12.2. The number of hydrogen-bond acceptors (Lipinski definition) is 6. The molecule has 6 nitrogen and oxygen atoms in total. The van der Waals surface area contributed by atoms with Gasteiger partial charge in [0.2, 0.25) is 0 Å². The van der Waals surface area contributed by atoms with Crippen LogP contribution in [0.2, 0.25) is 0 Å². The highest BCUT2D eigenvalue weighted by Crippen LogP contribution is 2.32. The Morgan fingerprint density at radius 2 is 1.96 bits per heavy atom. The second-order valence-corrected chi connectivity index (χ2v) is 7.25. The molecule has 3 rings (SSSR count). The average Bonchev–Trinajstić information content (AvgIpc) is 3.47. The SMILES string of the molecule is C[C@@H]1OC(=O)[C@@H](N)COC[C@H](CCc2ccccc2)[C@H]1OC(=O)C1CC1. The normalized spacial score (nSPS) is 29.8. The molecule has 2 aliphatic rings. The zero-order valence-corrected chi connectivity index (χ0v) is 15.1. The third-order valence-electron chi connectivity index (χ3n) is 4.97. The van der Waals surface area contributed by atoms with Crippen molar-refractivity contribution in [2.75, 3.05) is 13.2 Å². The van der Waals surface area contributed by atoms with Gasteiger partial charge in [0.25, 0.3) is 0 Å². The van der Waals surface area contributed by atoms with Gasteiger partial charge in [0.15, 0.2) is 0 Å². The van der Waals surface area contributed by atoms with E-state index in [1.807, 2.05) is 18.2 Å². The number of nitrogens with two attached hydrogens (primary N) is 1. The lowest BCUT2D eigenvalue weighted by molar-refractivity contribution is -0.172. The monoisotopic (exact) mass is 361 g/mol. The average molecular weight is 361 g/mol. The number of esters is 2. The van der Waals surface area contributed by atoms with Crippen LogP contribution in [0.3, 0.4) is 0 Å². The molecule has 1 aromatic rings. The summed E-state index contributed by atoms with van der Waals surface area (Å²) in [7, 11) is 0. The van der Waals surface area contributed by atoms with Gasteiger partial charge in [-0.1, -0.05) is 30.3 Å². The lowest BCUT2D eigenvalue weighted by Gasteiger charge is -2.30. The van der Waals surface area contributed by atoms with Gasteiger partial charge in [0.1, 0.15) is 18.2 Å². The van der Waals surface area contributed by atoms with E-state index >= 15 is 0 Å². The van der Waals surface area contributed by atoms with Crippen molar-refractivity contribution in [2.24, 2.45) is 17.6 Å². The fourth-order valence-corrected chi connectivity index (χ4v) is 3.22. The number of rotatable bonds is 5. The minimum absolute atomic E-state index is 0.0107. The molecule has 0 aromatic heterocycles. The first-order chi connectivity index (χ1) is 12.5. The summed E-state index contributed by atoms with van der Waals surface area (Å²) in [6.07, 6.45) is 2.26. The van der Waals surface area contributed by atoms with Crippen molar-refractivity contribution >= 4 is 11.9 Å². The fraction of sp³-hybridized carbons (Fsp3) is 0.600. The number of aryl methyl sites for hydroxylation is 1. The van der Waals surface area contributed by atoms with Crippen molar-refractivity contribution in [1.82, 2.24) is 0 Å². The first-order valence-corrected chi connectivity index (χ1v) is 9.33. The van der Waals surface area contributed by atoms with Gasteiger partial charge in [-0.3, -0.25) is 9.59 Å². The second-order valence-electron chi connectivity index (χ2n) is 7.25. The summed E-state index contributed by atoms with van der Waals surface area (Å²) in [4.78, 5) is 24.3. The van der Waals surface area contributed by atoms with Crippen LogP contribution in [0.25, 0.3) is 0 Å². The molecular weight excluding hydrogens is 334 g/mol. The Morgan fingerprint density at radius 1 is 1.23 bits per heavy atom. The van der Waals surface area contributed by atoms with Crippen LogP contribution in [0.5, 0.6) is 0 Å². The quantitative estimate of drug-likeness (QED) is 0.805. The van der Waals surface area contributed by atoms with Crippen LogP contribution in [-0.2, 0) is 30.2 Å². The molecule has 26 heavy (non-hydrogen) atoms. The molecule has 1 saturated carbocycles. The molecule has 1 aliphatic heterocycles. The van der Waals surface area contributed by atoms with Gasteiger partial charge < -0.3 is 19.9 Å². The number of carbonyl (C=O) groups excluding carboxylic acids is 2. The summed E-state index contributed by atoms with van der Waals surface area (Å²) in [5.74, 6) is -0.797. The summed E-state index contributed by atoms with van der Waals surface area (Å²) >= 11 is 0. The number of hydrogen-bond donors (Lipinski definition) is 1. The third kappa shape index (κ3) is 5.05. The first-order valence-electron chi connectivity index (χ1n) is 9.33. The maximum Gasteiger partial charge on any atom is 0.325 e. The van der Waals surface area contributed by atoms with E-state index in [9.17, 15) is 9.59 Å². The van der Waals surface area contributed by atoms with Gasteiger partial charge in [-0.2, -0.15) is 0 Å². The Hall–Kier alpha value is -1.92. The maximum absolute atomic E-state index is 12.2. The predicted octanol–water partition coefficient (Wildman–Crippen LogP) is 1.85. The van der Waals surface area contributed by atoms with Gasteiger partial charge in [0.05, 0.1) is 19.1 Å². The van der Waals surface area contributed by atoms with Crippen LogP contribution in [0.1, 0.15) is 31.7 Å². The van der Waals surface area contributed by atoms with Crippen LogP contribution in [0, 0.1) is 11.8 Å². The number of benzene rings is 1. The van der Waals surface area contributed by atoms with E-state index in [1.54, 1.807) is 6.92 Å². The van der Waals surface area contributed by atoms with Crippen molar-refractivity contribution in [3.8, 4) is 0 Å². The molecule has 0 radical (unpaired) electrons. The molecule has 0 amide bonds. The highest BCUT2D eigenvalue weighted by atomic mass is 16.6. The third-order valence-corrected chi connectivity index (χ3v) is 4.97. The predicted molar refractivity (Wildman–Crippen MR) is 95.2 cm³/mol. The van der Waals surface area contributed by atoms with E-state index in [4.69, 9.17) is 19.9 Å². The molecule has 2 N–H and O–H groups in total. The molecule has 1 aromatic carbocycles. The molecule has 1 saturated heterocycles. The van der Waals surface area contributed by atoms with Crippen molar-refractivity contribution in [1.29, 1.82) is 0 Å². The van der Waals surface area contributed by atoms with Gasteiger partial charge in [-0.05, 0) is 38.2 Å². The highest BCUT2D eigenvalue weighted by Gasteiger charge is 2.39. The summed E-state index contributed by atoms with van der Waals surface area (Å²) in [5, 5.41) is 0. The molecule has 142 valence electrons. The number of cyclic esters (lactones) is 1. The molecule has 6 heteroatoms. The van der Waals surface area contributed by atoms with Gasteiger partial charge in [-0.15, -0.1) is 0 Å². The second kappa shape index (κ2) is 8.64. The molecule has 1 heterocycles. The topological polar surface area (TPSA) is 87.8 Å². The Kier molecular flexibility index (Phi) is 6.27. The Labute approximate surface area is 154 Å². The standard InChI is InChI=1S/C20H27NO5/c1-13-18(26-19(22)15-9-10-15)16(8-7-14-5-3-2-4-6-14)11-24-12-17(21)20(23)25-13/h2-6,13,15-18H,7-12,21H2,1H3/t13-,16-,17-,18-/m0/s1. The van der Waals surface area contributed by atoms with Crippen molar-refractivity contribution in [2.45, 2.75) is 50.9 Å². The van der Waals surface area contributed by atoms with Crippen LogP contribution in [0.4, 0.5) is 0 Å². The van der Waals surface area contributed by atoms with Crippen molar-refractivity contribution in [3.05, 3.63) is 35.9 Å². The van der Waals surface area contributed by atoms with Crippen molar-refractivity contribution in [3.63, 3.8) is 0 Å². The Bertz CT molecular complexity index is 616. The molecule has 0 unspecified atom stereocenters. The van der Waals surface area contributed by atoms with Crippen LogP contribution in [-0.4, -0.2) is 43.4 Å². The molecule has 1 aliphatic carbocycles. The van der Waals surface area contributed by atoms with Gasteiger partial charge >= 0.3 is 11.9 Å². The largest absolute Gasteiger partial charge is 0.458 e. The lowest BCUT2D eigenvalue weighted by atomic mass is 9.92. The molecule has 2 fully saturated rings. The number of carbonyl (C=O) groups is 2. The summed E-state index contributed by atoms with van der Waals surface area (Å²) in [6, 6.07) is 9.31. The summed E-state index contributed by atoms with van der Waals surface area (Å²) in [6.45, 7) is 2.25. The fourth-order valence-electron chi connectivity index (χ4n) is 3.22. The minimum atomic E-state index is -0.815. The highest BCUT2D eigenvalue weighted by molar-refractivity contribution is 5.76. The molecule has 0 spiro atoms. The lowest BCUT2D eigenvalue weighted by Crippen LogP contribution is -2.42. The first kappa shape index (κ1) is 18.9. The van der Waals surface area contributed by atoms with Gasteiger partial charge in [-0.25, -0.2) is 0 Å². The zero-order chi connectivity index (χ0) is 18.5. The zero-order valence-electron chi connectivity index (χ0n) is 15.1. The van der Waals surface area contributed by atoms with E-state index in [0.29, 0.717) is 6.61 Å². The Balaban J connectivity index is 1.72. The van der Waals surface area contributed by atoms with Crippen LogP contribution in [0.15, 0.2) is 30.3 Å². The minimum Gasteiger partial charge on any atom is -0.458 e. The smallest absolute Gasteiger partial charge is 0.325 e. The number of ether oxygens (including phenoxy) is 3.